The fourth-order valence-electron chi connectivity index (χ4n) is 2.99. The van der Waals surface area contributed by atoms with Crippen LogP contribution in [0.3, 0.4) is 0 Å². The van der Waals surface area contributed by atoms with Gasteiger partial charge < -0.3 is 15.3 Å². The molecule has 3 aromatic heterocycles. The minimum Gasteiger partial charge on any atom is -0.383 e. The van der Waals surface area contributed by atoms with Gasteiger partial charge in [0.25, 0.3) is 0 Å². The third-order valence-corrected chi connectivity index (χ3v) is 4.17. The lowest BCUT2D eigenvalue weighted by atomic mass is 9.98. The quantitative estimate of drug-likeness (QED) is 0.592. The average Bonchev–Trinajstić information content (AvgIpc) is 3.20. The normalized spacial score (nSPS) is 10.8. The summed E-state index contributed by atoms with van der Waals surface area (Å²) in [7, 11) is 1.96. The van der Waals surface area contributed by atoms with E-state index in [2.05, 4.69) is 16.0 Å². The molecular weight excluding hydrogens is 298 g/mol. The number of hydrogen-bond donors (Lipinski definition) is 2. The first-order valence-corrected chi connectivity index (χ1v) is 7.57. The van der Waals surface area contributed by atoms with Gasteiger partial charge in [-0.1, -0.05) is 18.2 Å². The monoisotopic (exact) mass is 313 g/mol. The Morgan fingerprint density at radius 2 is 2.04 bits per heavy atom. The minimum absolute atomic E-state index is 0.249. The molecule has 1 aromatic carbocycles. The van der Waals surface area contributed by atoms with Crippen molar-refractivity contribution in [3.8, 4) is 28.5 Å². The van der Waals surface area contributed by atoms with Crippen molar-refractivity contribution in [1.29, 1.82) is 5.26 Å². The summed E-state index contributed by atoms with van der Waals surface area (Å²) in [5.74, 6) is 0.249. The second-order valence-corrected chi connectivity index (χ2v) is 5.74. The highest BCUT2D eigenvalue weighted by atomic mass is 14.9. The zero-order valence-electron chi connectivity index (χ0n) is 13.1. The van der Waals surface area contributed by atoms with Crippen LogP contribution < -0.4 is 5.73 Å². The number of H-pyrrole nitrogens is 1. The molecule has 5 nitrogen and oxygen atoms in total. The molecule has 0 aliphatic carbocycles. The van der Waals surface area contributed by atoms with Crippen molar-refractivity contribution in [2.45, 2.75) is 0 Å². The Morgan fingerprint density at radius 1 is 1.21 bits per heavy atom. The number of hydrogen-bond acceptors (Lipinski definition) is 3. The second kappa shape index (κ2) is 5.28. The number of anilines is 1. The van der Waals surface area contributed by atoms with E-state index in [-0.39, 0.29) is 5.82 Å². The first kappa shape index (κ1) is 14.1. The van der Waals surface area contributed by atoms with Gasteiger partial charge in [0.15, 0.2) is 0 Å². The Kier molecular flexibility index (Phi) is 3.10. The van der Waals surface area contributed by atoms with Crippen LogP contribution in [0.2, 0.25) is 0 Å². The average molecular weight is 313 g/mol. The number of nitrogens with one attached hydrogen (secondary N) is 1. The van der Waals surface area contributed by atoms with E-state index in [4.69, 9.17) is 5.73 Å². The van der Waals surface area contributed by atoms with E-state index in [1.165, 1.54) is 0 Å². The van der Waals surface area contributed by atoms with Gasteiger partial charge in [-0.15, -0.1) is 0 Å². The molecule has 4 rings (SSSR count). The van der Waals surface area contributed by atoms with Gasteiger partial charge in [-0.25, -0.2) is 4.98 Å². The van der Waals surface area contributed by atoms with Gasteiger partial charge in [0, 0.05) is 53.2 Å². The molecule has 0 unspecified atom stereocenters. The van der Waals surface area contributed by atoms with Crippen molar-refractivity contribution >= 4 is 16.7 Å². The highest BCUT2D eigenvalue weighted by Gasteiger charge is 2.16. The molecule has 3 heterocycles. The molecule has 0 aliphatic heterocycles. The SMILES string of the molecule is Cn1ccc(-c2cc(-c3c[nH]c4ccccc34)c(C#N)c(N)n2)c1. The predicted octanol–water partition coefficient (Wildman–Crippen LogP) is 3.69. The van der Waals surface area contributed by atoms with Gasteiger partial charge in [-0.05, 0) is 18.2 Å². The second-order valence-electron chi connectivity index (χ2n) is 5.74. The van der Waals surface area contributed by atoms with Crippen LogP contribution in [0.4, 0.5) is 5.82 Å². The van der Waals surface area contributed by atoms with E-state index in [9.17, 15) is 5.26 Å². The van der Waals surface area contributed by atoms with Crippen molar-refractivity contribution in [3.05, 3.63) is 60.6 Å². The van der Waals surface area contributed by atoms with Crippen molar-refractivity contribution in [1.82, 2.24) is 14.5 Å². The van der Waals surface area contributed by atoms with E-state index >= 15 is 0 Å². The number of para-hydroxylation sites is 1. The summed E-state index contributed by atoms with van der Waals surface area (Å²) in [5, 5.41) is 10.6. The summed E-state index contributed by atoms with van der Waals surface area (Å²) in [4.78, 5) is 7.66. The van der Waals surface area contributed by atoms with Crippen LogP contribution in [0.25, 0.3) is 33.3 Å². The largest absolute Gasteiger partial charge is 0.383 e. The van der Waals surface area contributed by atoms with Crippen LogP contribution in [-0.4, -0.2) is 14.5 Å². The lowest BCUT2D eigenvalue weighted by molar-refractivity contribution is 0.928. The van der Waals surface area contributed by atoms with E-state index in [1.54, 1.807) is 0 Å². The van der Waals surface area contributed by atoms with E-state index in [0.29, 0.717) is 5.56 Å². The van der Waals surface area contributed by atoms with Gasteiger partial charge >= 0.3 is 0 Å². The van der Waals surface area contributed by atoms with E-state index in [1.807, 2.05) is 66.6 Å². The molecule has 116 valence electrons. The number of aryl methyl sites for hydroxylation is 1. The highest BCUT2D eigenvalue weighted by Crippen LogP contribution is 2.35. The predicted molar refractivity (Wildman–Crippen MR) is 95.1 cm³/mol. The maximum Gasteiger partial charge on any atom is 0.142 e. The van der Waals surface area contributed by atoms with Crippen LogP contribution >= 0.6 is 0 Å². The van der Waals surface area contributed by atoms with Gasteiger partial charge in [0.05, 0.1) is 5.69 Å². The lowest BCUT2D eigenvalue weighted by Crippen LogP contribution is -1.99. The van der Waals surface area contributed by atoms with Crippen molar-refractivity contribution in [3.63, 3.8) is 0 Å². The summed E-state index contributed by atoms with van der Waals surface area (Å²) in [5.41, 5.74) is 11.0. The topological polar surface area (TPSA) is 83.4 Å². The minimum atomic E-state index is 0.249. The summed E-state index contributed by atoms with van der Waals surface area (Å²) >= 11 is 0. The van der Waals surface area contributed by atoms with E-state index < -0.39 is 0 Å². The van der Waals surface area contributed by atoms with Crippen LogP contribution in [0, 0.1) is 11.3 Å². The number of aromatic nitrogens is 3. The first-order chi connectivity index (χ1) is 11.7. The van der Waals surface area contributed by atoms with Crippen LogP contribution in [0.5, 0.6) is 0 Å². The lowest BCUT2D eigenvalue weighted by Gasteiger charge is -2.08. The fraction of sp³-hybridized carbons (Fsp3) is 0.0526. The molecule has 0 spiro atoms. The number of aromatic amines is 1. The summed E-state index contributed by atoms with van der Waals surface area (Å²) < 4.78 is 1.96. The molecule has 3 N–H and O–H groups in total. The Labute approximate surface area is 139 Å². The smallest absolute Gasteiger partial charge is 0.142 e. The van der Waals surface area contributed by atoms with Gasteiger partial charge in [-0.2, -0.15) is 5.26 Å². The van der Waals surface area contributed by atoms with Gasteiger partial charge in [0.1, 0.15) is 17.5 Å². The Bertz CT molecular complexity index is 1090. The molecular formula is C19H15N5. The third kappa shape index (κ3) is 2.13. The third-order valence-electron chi connectivity index (χ3n) is 4.17. The Hall–Kier alpha value is -3.52. The first-order valence-electron chi connectivity index (χ1n) is 7.57. The van der Waals surface area contributed by atoms with Crippen molar-refractivity contribution < 1.29 is 0 Å². The van der Waals surface area contributed by atoms with Crippen LogP contribution in [0.1, 0.15) is 5.56 Å². The van der Waals surface area contributed by atoms with Crippen LogP contribution in [-0.2, 0) is 7.05 Å². The number of benzene rings is 1. The fourth-order valence-corrected chi connectivity index (χ4v) is 2.99. The molecule has 0 amide bonds. The van der Waals surface area contributed by atoms with Gasteiger partial charge in [-0.3, -0.25) is 0 Å². The van der Waals surface area contributed by atoms with E-state index in [0.717, 1.165) is 33.3 Å². The summed E-state index contributed by atoms with van der Waals surface area (Å²) in [6.07, 6.45) is 5.85. The molecule has 0 fully saturated rings. The zero-order valence-corrected chi connectivity index (χ0v) is 13.1. The Balaban J connectivity index is 2.00. The summed E-state index contributed by atoms with van der Waals surface area (Å²) in [6.45, 7) is 0. The number of fused-ring (bicyclic) bond motifs is 1. The van der Waals surface area contributed by atoms with Crippen molar-refractivity contribution in [2.24, 2.45) is 7.05 Å². The molecule has 5 heteroatoms. The molecule has 0 bridgehead atoms. The van der Waals surface area contributed by atoms with Crippen molar-refractivity contribution in [2.75, 3.05) is 5.73 Å². The molecule has 0 radical (unpaired) electrons. The van der Waals surface area contributed by atoms with Gasteiger partial charge in [0.2, 0.25) is 0 Å². The number of nitrogen functional groups attached to an aromatic ring is 1. The standard InChI is InChI=1S/C19H15N5/c1-24-7-6-12(11-24)18-8-14(15(9-20)19(21)23-18)16-10-22-17-5-3-2-4-13(16)17/h2-8,10-11,22H,1H3,(H2,21,23). The molecule has 4 aromatic rings. The number of pyridine rings is 1. The number of nitrogens with zero attached hydrogens (tertiary/aromatic N) is 3. The molecule has 0 saturated heterocycles. The molecule has 0 saturated carbocycles. The zero-order chi connectivity index (χ0) is 16.7. The molecule has 24 heavy (non-hydrogen) atoms. The maximum absolute atomic E-state index is 9.55. The Morgan fingerprint density at radius 3 is 2.79 bits per heavy atom. The highest BCUT2D eigenvalue weighted by molar-refractivity contribution is 5.98. The number of rotatable bonds is 2. The molecule has 0 aliphatic rings. The molecule has 0 atom stereocenters. The van der Waals surface area contributed by atoms with Crippen LogP contribution in [0.15, 0.2) is 55.0 Å². The summed E-state index contributed by atoms with van der Waals surface area (Å²) in [6, 6.07) is 14.1. The number of nitrogens with two attached hydrogens (primary N) is 1. The number of nitriles is 1. The maximum atomic E-state index is 9.55.